The van der Waals surface area contributed by atoms with E-state index in [1.165, 1.54) is 7.11 Å². The first-order valence-corrected chi connectivity index (χ1v) is 9.86. The molecule has 2 amide bonds. The summed E-state index contributed by atoms with van der Waals surface area (Å²) in [6, 6.07) is 12.4. The summed E-state index contributed by atoms with van der Waals surface area (Å²) in [5.74, 6) is -0.903. The number of nitrogens with one attached hydrogen (secondary N) is 2. The standard InChI is InChI=1S/C22H23ClN2O5/c1-14-3-8-18(29-2)17(11-14)25-19(26)12-24-20(27)13-30-21(28)22(9-10-22)15-4-6-16(23)7-5-15/h3-8,11H,9-10,12-13H2,1-2H3,(H,24,27)(H,25,26). The second kappa shape index (κ2) is 9.17. The molecule has 158 valence electrons. The van der Waals surface area contributed by atoms with Crippen molar-refractivity contribution in [3.63, 3.8) is 0 Å². The Hall–Kier alpha value is -3.06. The van der Waals surface area contributed by atoms with E-state index >= 15 is 0 Å². The van der Waals surface area contributed by atoms with Crippen molar-refractivity contribution < 1.29 is 23.9 Å². The largest absolute Gasteiger partial charge is 0.495 e. The fourth-order valence-corrected chi connectivity index (χ4v) is 3.24. The highest BCUT2D eigenvalue weighted by Crippen LogP contribution is 2.49. The van der Waals surface area contributed by atoms with Crippen LogP contribution in [0.2, 0.25) is 5.02 Å². The van der Waals surface area contributed by atoms with Crippen LogP contribution in [-0.2, 0) is 24.5 Å². The molecule has 2 N–H and O–H groups in total. The van der Waals surface area contributed by atoms with Gasteiger partial charge in [0.05, 0.1) is 24.8 Å². The average Bonchev–Trinajstić information content (AvgIpc) is 3.53. The summed E-state index contributed by atoms with van der Waals surface area (Å²) >= 11 is 5.89. The van der Waals surface area contributed by atoms with Crippen LogP contribution in [-0.4, -0.2) is 38.0 Å². The summed E-state index contributed by atoms with van der Waals surface area (Å²) in [7, 11) is 1.51. The third-order valence-corrected chi connectivity index (χ3v) is 5.20. The Morgan fingerprint density at radius 3 is 2.40 bits per heavy atom. The quantitative estimate of drug-likeness (QED) is 0.628. The molecule has 1 aliphatic rings. The molecular weight excluding hydrogens is 408 g/mol. The van der Waals surface area contributed by atoms with Gasteiger partial charge in [-0.1, -0.05) is 29.8 Å². The molecule has 30 heavy (non-hydrogen) atoms. The summed E-state index contributed by atoms with van der Waals surface area (Å²) in [5.41, 5.74) is 1.59. The van der Waals surface area contributed by atoms with E-state index in [1.54, 1.807) is 36.4 Å². The average molecular weight is 431 g/mol. The predicted octanol–water partition coefficient (Wildman–Crippen LogP) is 2.99. The number of benzene rings is 2. The highest BCUT2D eigenvalue weighted by Gasteiger charge is 2.52. The zero-order valence-electron chi connectivity index (χ0n) is 16.8. The van der Waals surface area contributed by atoms with E-state index in [1.807, 2.05) is 13.0 Å². The predicted molar refractivity (Wildman–Crippen MR) is 113 cm³/mol. The Morgan fingerprint density at radius 1 is 1.07 bits per heavy atom. The zero-order chi connectivity index (χ0) is 21.7. The van der Waals surface area contributed by atoms with Gasteiger partial charge >= 0.3 is 5.97 Å². The molecule has 0 aromatic heterocycles. The fraction of sp³-hybridized carbons (Fsp3) is 0.318. The number of esters is 1. The molecule has 0 radical (unpaired) electrons. The topological polar surface area (TPSA) is 93.7 Å². The smallest absolute Gasteiger partial charge is 0.317 e. The number of methoxy groups -OCH3 is 1. The Morgan fingerprint density at radius 2 is 1.77 bits per heavy atom. The van der Waals surface area contributed by atoms with E-state index in [0.29, 0.717) is 29.3 Å². The van der Waals surface area contributed by atoms with Crippen molar-refractivity contribution in [2.75, 3.05) is 25.6 Å². The summed E-state index contributed by atoms with van der Waals surface area (Å²) in [6.07, 6.45) is 1.33. The highest BCUT2D eigenvalue weighted by molar-refractivity contribution is 6.30. The van der Waals surface area contributed by atoms with E-state index in [0.717, 1.165) is 11.1 Å². The lowest BCUT2D eigenvalue weighted by Gasteiger charge is -2.15. The molecule has 1 fully saturated rings. The summed E-state index contributed by atoms with van der Waals surface area (Å²) in [6.45, 7) is 1.19. The maximum atomic E-state index is 12.5. The first-order valence-electron chi connectivity index (χ1n) is 9.48. The van der Waals surface area contributed by atoms with Gasteiger partial charge < -0.3 is 20.1 Å². The van der Waals surface area contributed by atoms with E-state index in [-0.39, 0.29) is 6.54 Å². The van der Waals surface area contributed by atoms with Gasteiger partial charge in [0.15, 0.2) is 6.61 Å². The Bertz CT molecular complexity index is 955. The van der Waals surface area contributed by atoms with E-state index in [2.05, 4.69) is 10.6 Å². The van der Waals surface area contributed by atoms with Crippen molar-refractivity contribution in [2.45, 2.75) is 25.2 Å². The van der Waals surface area contributed by atoms with Crippen LogP contribution < -0.4 is 15.4 Å². The fourth-order valence-electron chi connectivity index (χ4n) is 3.12. The van der Waals surface area contributed by atoms with Gasteiger partial charge in [-0.2, -0.15) is 0 Å². The molecule has 0 bridgehead atoms. The van der Waals surface area contributed by atoms with Crippen molar-refractivity contribution in [2.24, 2.45) is 0 Å². The second-order valence-corrected chi connectivity index (χ2v) is 7.63. The van der Waals surface area contributed by atoms with E-state index in [4.69, 9.17) is 21.1 Å². The van der Waals surface area contributed by atoms with Crippen LogP contribution in [0, 0.1) is 6.92 Å². The van der Waals surface area contributed by atoms with Gasteiger partial charge in [0.1, 0.15) is 5.75 Å². The lowest BCUT2D eigenvalue weighted by atomic mass is 9.96. The maximum absolute atomic E-state index is 12.5. The van der Waals surface area contributed by atoms with Gasteiger partial charge in [0.25, 0.3) is 5.91 Å². The molecule has 0 atom stereocenters. The lowest BCUT2D eigenvalue weighted by Crippen LogP contribution is -2.36. The van der Waals surface area contributed by atoms with Crippen LogP contribution in [0.4, 0.5) is 5.69 Å². The molecule has 0 saturated heterocycles. The van der Waals surface area contributed by atoms with Crippen LogP contribution in [0.3, 0.4) is 0 Å². The van der Waals surface area contributed by atoms with Crippen LogP contribution in [0.25, 0.3) is 0 Å². The van der Waals surface area contributed by atoms with Gasteiger partial charge in [-0.25, -0.2) is 0 Å². The number of hydrogen-bond acceptors (Lipinski definition) is 5. The van der Waals surface area contributed by atoms with Gasteiger partial charge in [-0.15, -0.1) is 0 Å². The van der Waals surface area contributed by atoms with Gasteiger partial charge in [-0.3, -0.25) is 14.4 Å². The summed E-state index contributed by atoms with van der Waals surface area (Å²) in [4.78, 5) is 36.6. The molecule has 7 nitrogen and oxygen atoms in total. The van der Waals surface area contributed by atoms with Crippen LogP contribution in [0.15, 0.2) is 42.5 Å². The Labute approximate surface area is 179 Å². The van der Waals surface area contributed by atoms with Gasteiger partial charge in [-0.05, 0) is 55.2 Å². The number of rotatable bonds is 8. The first kappa shape index (κ1) is 21.6. The second-order valence-electron chi connectivity index (χ2n) is 7.19. The normalized spacial score (nSPS) is 13.8. The molecule has 8 heteroatoms. The Kier molecular flexibility index (Phi) is 6.62. The van der Waals surface area contributed by atoms with Crippen LogP contribution >= 0.6 is 11.6 Å². The number of aryl methyl sites for hydroxylation is 1. The molecule has 1 saturated carbocycles. The molecule has 2 aromatic carbocycles. The molecular formula is C22H23ClN2O5. The first-order chi connectivity index (χ1) is 14.3. The zero-order valence-corrected chi connectivity index (χ0v) is 17.5. The van der Waals surface area contributed by atoms with E-state index < -0.39 is 29.8 Å². The Balaban J connectivity index is 1.46. The highest BCUT2D eigenvalue weighted by atomic mass is 35.5. The number of anilines is 1. The van der Waals surface area contributed by atoms with Crippen molar-refractivity contribution >= 4 is 35.1 Å². The third-order valence-electron chi connectivity index (χ3n) is 4.95. The lowest BCUT2D eigenvalue weighted by molar-refractivity contribution is -0.151. The number of amides is 2. The molecule has 0 unspecified atom stereocenters. The van der Waals surface area contributed by atoms with Crippen molar-refractivity contribution in [1.82, 2.24) is 5.32 Å². The summed E-state index contributed by atoms with van der Waals surface area (Å²) < 4.78 is 10.4. The number of halogens is 1. The number of carbonyl (C=O) groups is 3. The molecule has 0 spiro atoms. The minimum Gasteiger partial charge on any atom is -0.495 e. The molecule has 3 rings (SSSR count). The minimum absolute atomic E-state index is 0.254. The van der Waals surface area contributed by atoms with Crippen molar-refractivity contribution in [3.8, 4) is 5.75 Å². The van der Waals surface area contributed by atoms with Crippen LogP contribution in [0.5, 0.6) is 5.75 Å². The molecule has 1 aliphatic carbocycles. The number of carbonyl (C=O) groups excluding carboxylic acids is 3. The monoisotopic (exact) mass is 430 g/mol. The van der Waals surface area contributed by atoms with Crippen molar-refractivity contribution in [1.29, 1.82) is 0 Å². The third kappa shape index (κ3) is 5.10. The number of ether oxygens (including phenoxy) is 2. The van der Waals surface area contributed by atoms with Crippen molar-refractivity contribution in [3.05, 3.63) is 58.6 Å². The SMILES string of the molecule is COc1ccc(C)cc1NC(=O)CNC(=O)COC(=O)C1(c2ccc(Cl)cc2)CC1. The molecule has 0 heterocycles. The van der Waals surface area contributed by atoms with Crippen LogP contribution in [0.1, 0.15) is 24.0 Å². The van der Waals surface area contributed by atoms with Gasteiger partial charge in [0.2, 0.25) is 5.91 Å². The minimum atomic E-state index is -0.704. The maximum Gasteiger partial charge on any atom is 0.317 e. The van der Waals surface area contributed by atoms with E-state index in [9.17, 15) is 14.4 Å². The molecule has 0 aliphatic heterocycles. The summed E-state index contributed by atoms with van der Waals surface area (Å²) in [5, 5.41) is 5.72. The molecule has 2 aromatic rings. The number of hydrogen-bond donors (Lipinski definition) is 2. The van der Waals surface area contributed by atoms with Gasteiger partial charge in [0, 0.05) is 5.02 Å².